The van der Waals surface area contributed by atoms with Crippen molar-refractivity contribution in [2.75, 3.05) is 6.61 Å². The number of ether oxygens (including phenoxy) is 1. The molecule has 9 heteroatoms. The van der Waals surface area contributed by atoms with E-state index in [2.05, 4.69) is 4.52 Å². The molecule has 0 spiro atoms. The SMILES string of the molecule is CC(C)[C@@H]1OC(COP(=O)(O)O)[C@@H](O)C(O)[C@H]1O. The van der Waals surface area contributed by atoms with Gasteiger partial charge in [-0.3, -0.25) is 4.52 Å². The van der Waals surface area contributed by atoms with E-state index in [1.807, 2.05) is 0 Å². The van der Waals surface area contributed by atoms with Crippen LogP contribution in [0.3, 0.4) is 0 Å². The average molecular weight is 286 g/mol. The molecule has 0 saturated carbocycles. The summed E-state index contributed by atoms with van der Waals surface area (Å²) >= 11 is 0. The van der Waals surface area contributed by atoms with E-state index in [1.165, 1.54) is 0 Å². The number of aliphatic hydroxyl groups excluding tert-OH is 3. The molecule has 1 saturated heterocycles. The average Bonchev–Trinajstić information content (AvgIpc) is 2.23. The molecule has 0 amide bonds. The van der Waals surface area contributed by atoms with Crippen LogP contribution >= 0.6 is 7.82 Å². The molecule has 0 aliphatic carbocycles. The Morgan fingerprint density at radius 2 is 1.72 bits per heavy atom. The Morgan fingerprint density at radius 3 is 2.17 bits per heavy atom. The molecule has 1 rings (SSSR count). The quantitative estimate of drug-likeness (QED) is 0.398. The Balaban J connectivity index is 2.70. The van der Waals surface area contributed by atoms with E-state index in [1.54, 1.807) is 13.8 Å². The van der Waals surface area contributed by atoms with E-state index in [0.717, 1.165) is 0 Å². The molecular formula is C9H19O8P. The first-order valence-electron chi connectivity index (χ1n) is 5.53. The smallest absolute Gasteiger partial charge is 0.388 e. The minimum absolute atomic E-state index is 0.139. The molecule has 2 unspecified atom stereocenters. The van der Waals surface area contributed by atoms with E-state index >= 15 is 0 Å². The van der Waals surface area contributed by atoms with Gasteiger partial charge in [-0.15, -0.1) is 0 Å². The fourth-order valence-corrected chi connectivity index (χ4v) is 2.18. The highest BCUT2D eigenvalue weighted by Crippen LogP contribution is 2.37. The molecule has 18 heavy (non-hydrogen) atoms. The lowest BCUT2D eigenvalue weighted by Gasteiger charge is -2.42. The van der Waals surface area contributed by atoms with Crippen molar-refractivity contribution in [3.8, 4) is 0 Å². The Kier molecular flexibility index (Phi) is 5.28. The topological polar surface area (TPSA) is 137 Å². The summed E-state index contributed by atoms with van der Waals surface area (Å²) in [4.78, 5) is 17.1. The second-order valence-electron chi connectivity index (χ2n) is 4.64. The predicted molar refractivity (Wildman–Crippen MR) is 59.5 cm³/mol. The zero-order chi connectivity index (χ0) is 14.1. The summed E-state index contributed by atoms with van der Waals surface area (Å²) in [5.74, 6) is -0.139. The largest absolute Gasteiger partial charge is 0.469 e. The third-order valence-corrected chi connectivity index (χ3v) is 3.30. The molecule has 1 heterocycles. The van der Waals surface area contributed by atoms with Crippen molar-refractivity contribution in [3.63, 3.8) is 0 Å². The van der Waals surface area contributed by atoms with Gasteiger partial charge in [-0.05, 0) is 5.92 Å². The lowest BCUT2D eigenvalue weighted by atomic mass is 9.90. The van der Waals surface area contributed by atoms with Gasteiger partial charge in [-0.1, -0.05) is 13.8 Å². The Bertz CT molecular complexity index is 316. The van der Waals surface area contributed by atoms with Gasteiger partial charge in [0.2, 0.25) is 0 Å². The van der Waals surface area contributed by atoms with Crippen molar-refractivity contribution in [3.05, 3.63) is 0 Å². The van der Waals surface area contributed by atoms with Crippen LogP contribution in [-0.2, 0) is 13.8 Å². The van der Waals surface area contributed by atoms with Gasteiger partial charge >= 0.3 is 7.82 Å². The normalized spacial score (nSPS) is 38.1. The van der Waals surface area contributed by atoms with Gasteiger partial charge in [0.1, 0.15) is 24.4 Å². The van der Waals surface area contributed by atoms with Crippen molar-refractivity contribution in [2.24, 2.45) is 5.92 Å². The summed E-state index contributed by atoms with van der Waals surface area (Å²) in [5, 5.41) is 29.0. The van der Waals surface area contributed by atoms with Gasteiger partial charge in [-0.2, -0.15) is 0 Å². The van der Waals surface area contributed by atoms with Gasteiger partial charge in [0.15, 0.2) is 0 Å². The fourth-order valence-electron chi connectivity index (χ4n) is 1.84. The van der Waals surface area contributed by atoms with Crippen molar-refractivity contribution < 1.29 is 38.9 Å². The van der Waals surface area contributed by atoms with E-state index in [4.69, 9.17) is 14.5 Å². The molecule has 5 atom stereocenters. The first-order chi connectivity index (χ1) is 8.13. The summed E-state index contributed by atoms with van der Waals surface area (Å²) in [7, 11) is -4.67. The van der Waals surface area contributed by atoms with Crippen molar-refractivity contribution in [2.45, 2.75) is 44.4 Å². The second-order valence-corrected chi connectivity index (χ2v) is 5.88. The monoisotopic (exact) mass is 286 g/mol. The molecule has 0 radical (unpaired) electrons. The number of phosphoric acid groups is 1. The third-order valence-electron chi connectivity index (χ3n) is 2.81. The highest BCUT2D eigenvalue weighted by Gasteiger charge is 2.45. The Morgan fingerprint density at radius 1 is 1.17 bits per heavy atom. The molecule has 0 aromatic rings. The van der Waals surface area contributed by atoms with Crippen LogP contribution in [0.5, 0.6) is 0 Å². The molecule has 5 N–H and O–H groups in total. The number of hydrogen-bond donors (Lipinski definition) is 5. The third kappa shape index (κ3) is 3.97. The van der Waals surface area contributed by atoms with Gasteiger partial charge in [0.25, 0.3) is 0 Å². The maximum absolute atomic E-state index is 10.6. The molecule has 108 valence electrons. The standard InChI is InChI=1S/C9H19O8P/c1-4(2)9-8(12)7(11)6(10)5(17-9)3-16-18(13,14)15/h4-12H,3H2,1-2H3,(H2,13,14,15)/t5?,6-,7?,8-,9+/m1/s1. The van der Waals surface area contributed by atoms with Crippen molar-refractivity contribution in [1.29, 1.82) is 0 Å². The maximum atomic E-state index is 10.6. The van der Waals surface area contributed by atoms with Crippen LogP contribution in [0, 0.1) is 5.92 Å². The van der Waals surface area contributed by atoms with E-state index in [9.17, 15) is 19.9 Å². The minimum Gasteiger partial charge on any atom is -0.388 e. The number of aliphatic hydroxyl groups is 3. The number of phosphoric ester groups is 1. The molecule has 0 bridgehead atoms. The second kappa shape index (κ2) is 5.94. The highest BCUT2D eigenvalue weighted by molar-refractivity contribution is 7.46. The first-order valence-corrected chi connectivity index (χ1v) is 7.06. The van der Waals surface area contributed by atoms with E-state index in [0.29, 0.717) is 0 Å². The lowest BCUT2D eigenvalue weighted by Crippen LogP contribution is -2.59. The minimum atomic E-state index is -4.67. The van der Waals surface area contributed by atoms with Crippen molar-refractivity contribution in [1.82, 2.24) is 0 Å². The number of rotatable bonds is 4. The maximum Gasteiger partial charge on any atom is 0.469 e. The Hall–Kier alpha value is -0.0500. The van der Waals surface area contributed by atoms with Gasteiger partial charge in [0, 0.05) is 0 Å². The molecule has 1 aliphatic heterocycles. The van der Waals surface area contributed by atoms with Crippen LogP contribution in [0.15, 0.2) is 0 Å². The summed E-state index contributed by atoms with van der Waals surface area (Å²) in [5.41, 5.74) is 0. The van der Waals surface area contributed by atoms with Crippen molar-refractivity contribution >= 4 is 7.82 Å². The van der Waals surface area contributed by atoms with E-state index < -0.39 is 44.9 Å². The van der Waals surface area contributed by atoms with Crippen LogP contribution < -0.4 is 0 Å². The van der Waals surface area contributed by atoms with Crippen LogP contribution in [-0.4, -0.2) is 62.2 Å². The molecule has 0 aromatic heterocycles. The molecular weight excluding hydrogens is 267 g/mol. The van der Waals surface area contributed by atoms with E-state index in [-0.39, 0.29) is 5.92 Å². The van der Waals surface area contributed by atoms with Crippen LogP contribution in [0.4, 0.5) is 0 Å². The van der Waals surface area contributed by atoms with Crippen LogP contribution in [0.2, 0.25) is 0 Å². The van der Waals surface area contributed by atoms with Crippen LogP contribution in [0.25, 0.3) is 0 Å². The Labute approximate surface area is 104 Å². The summed E-state index contributed by atoms with van der Waals surface area (Å²) in [6.45, 7) is 2.93. The molecule has 1 aliphatic rings. The molecule has 0 aromatic carbocycles. The van der Waals surface area contributed by atoms with Gasteiger partial charge < -0.3 is 29.8 Å². The lowest BCUT2D eigenvalue weighted by molar-refractivity contribution is -0.237. The fraction of sp³-hybridized carbons (Fsp3) is 1.00. The number of hydrogen-bond acceptors (Lipinski definition) is 6. The summed E-state index contributed by atoms with van der Waals surface area (Å²) in [6, 6.07) is 0. The summed E-state index contributed by atoms with van der Waals surface area (Å²) in [6.07, 6.45) is -6.03. The molecule has 8 nitrogen and oxygen atoms in total. The summed E-state index contributed by atoms with van der Waals surface area (Å²) < 4.78 is 20.1. The first kappa shape index (κ1) is 16.0. The molecule has 1 fully saturated rings. The van der Waals surface area contributed by atoms with Crippen LogP contribution in [0.1, 0.15) is 13.8 Å². The van der Waals surface area contributed by atoms with Gasteiger partial charge in [0.05, 0.1) is 12.7 Å². The zero-order valence-electron chi connectivity index (χ0n) is 10.1. The van der Waals surface area contributed by atoms with Gasteiger partial charge in [-0.25, -0.2) is 4.57 Å². The zero-order valence-corrected chi connectivity index (χ0v) is 11.0. The highest BCUT2D eigenvalue weighted by atomic mass is 31.2. The predicted octanol–water partition coefficient (Wildman–Crippen LogP) is -1.40.